The van der Waals surface area contributed by atoms with Gasteiger partial charge in [0.2, 0.25) is 0 Å². The summed E-state index contributed by atoms with van der Waals surface area (Å²) in [5, 5.41) is 1.11. The Morgan fingerprint density at radius 1 is 1.36 bits per heavy atom. The molecule has 0 aromatic carbocycles. The van der Waals surface area contributed by atoms with Gasteiger partial charge >= 0.3 is 0 Å². The SMILES string of the molecule is CCN(CC)[SiH](C)C(C)[SiH2]C. The van der Waals surface area contributed by atoms with E-state index in [0.717, 1.165) is 5.16 Å². The number of hydrogen-bond acceptors (Lipinski definition) is 1. The molecular weight excluding hydrogens is 166 g/mol. The minimum absolute atomic E-state index is 0.250. The number of rotatable bonds is 5. The summed E-state index contributed by atoms with van der Waals surface area (Å²) in [7, 11) is -0.267. The summed E-state index contributed by atoms with van der Waals surface area (Å²) in [5.74, 6) is 0. The van der Waals surface area contributed by atoms with E-state index in [1.807, 2.05) is 0 Å². The predicted octanol–water partition coefficient (Wildman–Crippen LogP) is 1.25. The molecule has 11 heavy (non-hydrogen) atoms. The average molecular weight is 189 g/mol. The fraction of sp³-hybridized carbons (Fsp3) is 1.00. The average Bonchev–Trinajstić information content (AvgIpc) is 2.05. The van der Waals surface area contributed by atoms with Crippen molar-refractivity contribution in [3.8, 4) is 0 Å². The predicted molar refractivity (Wildman–Crippen MR) is 59.8 cm³/mol. The van der Waals surface area contributed by atoms with Crippen LogP contribution in [0.5, 0.6) is 0 Å². The largest absolute Gasteiger partial charge is 0.327 e. The molecule has 0 spiro atoms. The fourth-order valence-electron chi connectivity index (χ4n) is 1.50. The van der Waals surface area contributed by atoms with Gasteiger partial charge in [0.05, 0.1) is 0 Å². The first kappa shape index (κ1) is 11.4. The highest BCUT2D eigenvalue weighted by atomic mass is 28.3. The van der Waals surface area contributed by atoms with E-state index in [-0.39, 0.29) is 9.52 Å². The van der Waals surface area contributed by atoms with E-state index < -0.39 is 8.96 Å². The van der Waals surface area contributed by atoms with Crippen molar-refractivity contribution in [1.29, 1.82) is 0 Å². The second kappa shape index (κ2) is 5.97. The molecule has 0 saturated carbocycles. The second-order valence-corrected chi connectivity index (χ2v) is 9.74. The topological polar surface area (TPSA) is 3.24 Å². The maximum atomic E-state index is 2.70. The van der Waals surface area contributed by atoms with Crippen LogP contribution in [0.25, 0.3) is 0 Å². The first-order chi connectivity index (χ1) is 5.17. The molecule has 2 atom stereocenters. The Morgan fingerprint density at radius 2 is 1.82 bits per heavy atom. The summed E-state index contributed by atoms with van der Waals surface area (Å²) in [6.45, 7) is 14.5. The molecule has 0 aromatic rings. The minimum atomic E-state index is -0.516. The zero-order valence-electron chi connectivity index (χ0n) is 8.72. The molecule has 0 bridgehead atoms. The van der Waals surface area contributed by atoms with Crippen molar-refractivity contribution in [3.63, 3.8) is 0 Å². The Hall–Kier alpha value is 0.394. The molecule has 0 rings (SSSR count). The summed E-state index contributed by atoms with van der Waals surface area (Å²) < 4.78 is 2.70. The first-order valence-electron chi connectivity index (χ1n) is 4.91. The normalized spacial score (nSPS) is 18.0. The zero-order valence-corrected chi connectivity index (χ0v) is 11.3. The van der Waals surface area contributed by atoms with E-state index in [9.17, 15) is 0 Å². The summed E-state index contributed by atoms with van der Waals surface area (Å²) in [5.41, 5.74) is 0. The van der Waals surface area contributed by atoms with Crippen LogP contribution in [-0.4, -0.2) is 36.1 Å². The van der Waals surface area contributed by atoms with Crippen LogP contribution in [0.3, 0.4) is 0 Å². The third kappa shape index (κ3) is 3.53. The molecule has 0 aliphatic heterocycles. The Bertz CT molecular complexity index is 94.1. The third-order valence-corrected chi connectivity index (χ3v) is 11.1. The lowest BCUT2D eigenvalue weighted by Gasteiger charge is -2.29. The van der Waals surface area contributed by atoms with Crippen LogP contribution in [0.15, 0.2) is 0 Å². The first-order valence-corrected chi connectivity index (χ1v) is 9.48. The van der Waals surface area contributed by atoms with Gasteiger partial charge in [-0.15, -0.1) is 0 Å². The van der Waals surface area contributed by atoms with Gasteiger partial charge in [-0.25, -0.2) is 0 Å². The molecular formula is C8H23NSi2. The van der Waals surface area contributed by atoms with Gasteiger partial charge in [-0.1, -0.05) is 33.9 Å². The van der Waals surface area contributed by atoms with Crippen LogP contribution in [0, 0.1) is 0 Å². The van der Waals surface area contributed by atoms with Crippen molar-refractivity contribution in [2.24, 2.45) is 0 Å². The maximum absolute atomic E-state index is 2.70. The van der Waals surface area contributed by atoms with Gasteiger partial charge < -0.3 is 4.57 Å². The Labute approximate surface area is 75.7 Å². The molecule has 0 radical (unpaired) electrons. The van der Waals surface area contributed by atoms with Crippen LogP contribution in [0.1, 0.15) is 20.8 Å². The summed E-state index contributed by atoms with van der Waals surface area (Å²) >= 11 is 0. The molecule has 2 unspecified atom stereocenters. The highest BCUT2D eigenvalue weighted by Crippen LogP contribution is 2.10. The van der Waals surface area contributed by atoms with Crippen LogP contribution in [-0.2, 0) is 0 Å². The minimum Gasteiger partial charge on any atom is -0.327 e. The van der Waals surface area contributed by atoms with E-state index in [1.54, 1.807) is 0 Å². The van der Waals surface area contributed by atoms with Crippen molar-refractivity contribution in [2.45, 2.75) is 39.0 Å². The molecule has 0 aromatic heterocycles. The second-order valence-electron chi connectivity index (χ2n) is 3.35. The van der Waals surface area contributed by atoms with Crippen LogP contribution in [0.2, 0.25) is 18.3 Å². The lowest BCUT2D eigenvalue weighted by atomic mass is 10.7. The number of hydrogen-bond donors (Lipinski definition) is 0. The van der Waals surface area contributed by atoms with E-state index in [4.69, 9.17) is 0 Å². The van der Waals surface area contributed by atoms with E-state index in [2.05, 4.69) is 38.4 Å². The quantitative estimate of drug-likeness (QED) is 0.589. The van der Waals surface area contributed by atoms with Gasteiger partial charge in [0.25, 0.3) is 0 Å². The smallest absolute Gasteiger partial charge is 0.108 e. The molecule has 0 aliphatic rings. The van der Waals surface area contributed by atoms with E-state index in [0.29, 0.717) is 0 Å². The molecule has 1 nitrogen and oxygen atoms in total. The Balaban J connectivity index is 3.86. The molecule has 0 N–H and O–H groups in total. The van der Waals surface area contributed by atoms with Gasteiger partial charge in [0.15, 0.2) is 0 Å². The van der Waals surface area contributed by atoms with Crippen molar-refractivity contribution in [2.75, 3.05) is 13.1 Å². The molecule has 68 valence electrons. The Morgan fingerprint density at radius 3 is 2.09 bits per heavy atom. The van der Waals surface area contributed by atoms with Gasteiger partial charge in [0.1, 0.15) is 8.96 Å². The fourth-order valence-corrected chi connectivity index (χ4v) is 7.00. The molecule has 3 heteroatoms. The van der Waals surface area contributed by atoms with Gasteiger partial charge in [-0.05, 0) is 18.3 Å². The highest BCUT2D eigenvalue weighted by Gasteiger charge is 2.17. The van der Waals surface area contributed by atoms with Crippen molar-refractivity contribution in [1.82, 2.24) is 4.57 Å². The lowest BCUT2D eigenvalue weighted by molar-refractivity contribution is 0.478. The zero-order chi connectivity index (χ0) is 8.85. The molecule has 0 fully saturated rings. The monoisotopic (exact) mass is 189 g/mol. The van der Waals surface area contributed by atoms with Gasteiger partial charge in [0, 0.05) is 9.52 Å². The third-order valence-electron chi connectivity index (χ3n) is 2.86. The Kier molecular flexibility index (Phi) is 6.18. The number of nitrogens with zero attached hydrogens (tertiary/aromatic N) is 1. The summed E-state index contributed by atoms with van der Waals surface area (Å²) in [6.07, 6.45) is 0. The van der Waals surface area contributed by atoms with Crippen molar-refractivity contribution < 1.29 is 0 Å². The van der Waals surface area contributed by atoms with Gasteiger partial charge in [-0.3, -0.25) is 0 Å². The van der Waals surface area contributed by atoms with Crippen LogP contribution >= 0.6 is 0 Å². The molecule has 0 aliphatic carbocycles. The maximum Gasteiger partial charge on any atom is 0.108 e. The van der Waals surface area contributed by atoms with E-state index in [1.165, 1.54) is 13.1 Å². The summed E-state index contributed by atoms with van der Waals surface area (Å²) in [6, 6.07) is 0. The molecule has 0 amide bonds. The van der Waals surface area contributed by atoms with Crippen molar-refractivity contribution >= 4 is 18.5 Å². The van der Waals surface area contributed by atoms with Crippen LogP contribution < -0.4 is 0 Å². The lowest BCUT2D eigenvalue weighted by Crippen LogP contribution is -2.40. The molecule has 0 heterocycles. The van der Waals surface area contributed by atoms with Gasteiger partial charge in [-0.2, -0.15) is 0 Å². The van der Waals surface area contributed by atoms with E-state index >= 15 is 0 Å². The molecule has 0 saturated heterocycles. The summed E-state index contributed by atoms with van der Waals surface area (Å²) in [4.78, 5) is 0. The van der Waals surface area contributed by atoms with Crippen molar-refractivity contribution in [3.05, 3.63) is 0 Å². The standard InChI is InChI=1S/C8H23NSi2/c1-6-9(7-2)11(5)8(3)10-4/h8,11H,6-7,10H2,1-5H3. The van der Waals surface area contributed by atoms with Crippen LogP contribution in [0.4, 0.5) is 0 Å². The highest BCUT2D eigenvalue weighted by molar-refractivity contribution is 6.68.